The molecule has 0 amide bonds. The molecule has 2 rings (SSSR count). The SMILES string of the molecule is Bc1cc(-c2nccs2)ccc1C. The predicted molar refractivity (Wildman–Crippen MR) is 60.5 cm³/mol. The third-order valence-corrected chi connectivity index (χ3v) is 3.01. The Kier molecular flexibility index (Phi) is 2.19. The van der Waals surface area contributed by atoms with E-state index in [1.807, 2.05) is 11.6 Å². The first-order valence-electron chi connectivity index (χ1n) is 4.24. The van der Waals surface area contributed by atoms with Crippen LogP contribution in [0.5, 0.6) is 0 Å². The number of benzene rings is 1. The Morgan fingerprint density at radius 3 is 2.85 bits per heavy atom. The molecular weight excluding hydrogens is 177 g/mol. The monoisotopic (exact) mass is 187 g/mol. The molecule has 0 N–H and O–H groups in total. The van der Waals surface area contributed by atoms with E-state index in [1.165, 1.54) is 16.6 Å². The molecule has 13 heavy (non-hydrogen) atoms. The Bertz CT molecular complexity index is 409. The van der Waals surface area contributed by atoms with Crippen molar-refractivity contribution in [1.29, 1.82) is 0 Å². The van der Waals surface area contributed by atoms with E-state index in [9.17, 15) is 0 Å². The molecule has 0 saturated heterocycles. The lowest BCUT2D eigenvalue weighted by atomic mass is 9.90. The second-order valence-corrected chi connectivity index (χ2v) is 4.03. The summed E-state index contributed by atoms with van der Waals surface area (Å²) in [7, 11) is 2.13. The molecular formula is C10H10BNS. The first-order valence-corrected chi connectivity index (χ1v) is 5.12. The lowest BCUT2D eigenvalue weighted by Crippen LogP contribution is -2.06. The summed E-state index contributed by atoms with van der Waals surface area (Å²) in [5, 5.41) is 3.10. The number of rotatable bonds is 1. The van der Waals surface area contributed by atoms with Crippen LogP contribution in [0.25, 0.3) is 10.6 Å². The van der Waals surface area contributed by atoms with E-state index in [4.69, 9.17) is 0 Å². The zero-order valence-electron chi connectivity index (χ0n) is 7.74. The molecule has 0 atom stereocenters. The van der Waals surface area contributed by atoms with E-state index in [1.54, 1.807) is 11.3 Å². The first-order chi connectivity index (χ1) is 6.27. The van der Waals surface area contributed by atoms with Gasteiger partial charge in [-0.25, -0.2) is 4.98 Å². The fraction of sp³-hybridized carbons (Fsp3) is 0.100. The van der Waals surface area contributed by atoms with Gasteiger partial charge < -0.3 is 0 Å². The average Bonchev–Trinajstić information content (AvgIpc) is 2.62. The smallest absolute Gasteiger partial charge is 0.139 e. The summed E-state index contributed by atoms with van der Waals surface area (Å²) >= 11 is 1.68. The van der Waals surface area contributed by atoms with Crippen LogP contribution >= 0.6 is 11.3 Å². The van der Waals surface area contributed by atoms with Crippen LogP contribution in [0, 0.1) is 6.92 Å². The maximum absolute atomic E-state index is 4.28. The lowest BCUT2D eigenvalue weighted by Gasteiger charge is -2.01. The first kappa shape index (κ1) is 8.51. The van der Waals surface area contributed by atoms with Gasteiger partial charge in [-0.15, -0.1) is 11.3 Å². The van der Waals surface area contributed by atoms with Gasteiger partial charge >= 0.3 is 0 Å². The van der Waals surface area contributed by atoms with Crippen LogP contribution in [0.2, 0.25) is 0 Å². The van der Waals surface area contributed by atoms with E-state index in [-0.39, 0.29) is 0 Å². The molecule has 1 aromatic heterocycles. The van der Waals surface area contributed by atoms with Crippen LogP contribution in [0.15, 0.2) is 29.8 Å². The quantitative estimate of drug-likeness (QED) is 0.614. The predicted octanol–water partition coefficient (Wildman–Crippen LogP) is 1.38. The largest absolute Gasteiger partial charge is 0.245 e. The zero-order chi connectivity index (χ0) is 9.26. The molecule has 1 heterocycles. The molecule has 0 aliphatic heterocycles. The molecule has 1 aromatic carbocycles. The van der Waals surface area contributed by atoms with Crippen molar-refractivity contribution in [3.63, 3.8) is 0 Å². The van der Waals surface area contributed by atoms with Crippen LogP contribution in [0.3, 0.4) is 0 Å². The highest BCUT2D eigenvalue weighted by atomic mass is 32.1. The number of aromatic nitrogens is 1. The molecule has 0 spiro atoms. The molecule has 3 heteroatoms. The minimum absolute atomic E-state index is 1.10. The Hall–Kier alpha value is -1.09. The van der Waals surface area contributed by atoms with Gasteiger partial charge in [0.15, 0.2) is 0 Å². The van der Waals surface area contributed by atoms with Crippen LogP contribution in [-0.4, -0.2) is 12.8 Å². The van der Waals surface area contributed by atoms with Crippen LogP contribution in [-0.2, 0) is 0 Å². The van der Waals surface area contributed by atoms with Crippen molar-refractivity contribution in [2.24, 2.45) is 0 Å². The van der Waals surface area contributed by atoms with Gasteiger partial charge in [-0.3, -0.25) is 0 Å². The Morgan fingerprint density at radius 1 is 1.38 bits per heavy atom. The fourth-order valence-electron chi connectivity index (χ4n) is 1.24. The molecule has 0 unspecified atom stereocenters. The summed E-state index contributed by atoms with van der Waals surface area (Å²) in [5.74, 6) is 0. The standard InChI is InChI=1S/C10H10BNS/c1-7-2-3-8(6-9(7)11)10-12-4-5-13-10/h2-6H,11H2,1H3. The summed E-state index contributed by atoms with van der Waals surface area (Å²) < 4.78 is 0. The minimum atomic E-state index is 1.10. The van der Waals surface area contributed by atoms with E-state index < -0.39 is 0 Å². The second kappa shape index (κ2) is 3.34. The summed E-state index contributed by atoms with van der Waals surface area (Å²) in [6, 6.07) is 6.46. The highest BCUT2D eigenvalue weighted by Gasteiger charge is 2.00. The summed E-state index contributed by atoms with van der Waals surface area (Å²) in [6.45, 7) is 2.13. The van der Waals surface area contributed by atoms with Gasteiger partial charge in [0.2, 0.25) is 0 Å². The zero-order valence-corrected chi connectivity index (χ0v) is 8.56. The van der Waals surface area contributed by atoms with Gasteiger partial charge in [-0.1, -0.05) is 29.2 Å². The van der Waals surface area contributed by atoms with Gasteiger partial charge in [-0.05, 0) is 6.92 Å². The van der Waals surface area contributed by atoms with Crippen molar-refractivity contribution in [3.05, 3.63) is 35.3 Å². The van der Waals surface area contributed by atoms with E-state index in [0.29, 0.717) is 0 Å². The number of nitrogens with zero attached hydrogens (tertiary/aromatic N) is 1. The summed E-state index contributed by atoms with van der Waals surface area (Å²) in [5.41, 5.74) is 3.88. The highest BCUT2D eigenvalue weighted by Crippen LogP contribution is 2.20. The summed E-state index contributed by atoms with van der Waals surface area (Å²) in [4.78, 5) is 4.28. The maximum atomic E-state index is 4.28. The Morgan fingerprint density at radius 2 is 2.23 bits per heavy atom. The number of thiazole rings is 1. The van der Waals surface area contributed by atoms with E-state index in [2.05, 4.69) is 38.0 Å². The molecule has 0 radical (unpaired) electrons. The van der Waals surface area contributed by atoms with E-state index >= 15 is 0 Å². The van der Waals surface area contributed by atoms with Crippen LogP contribution in [0.1, 0.15) is 5.56 Å². The second-order valence-electron chi connectivity index (χ2n) is 3.14. The van der Waals surface area contributed by atoms with Gasteiger partial charge in [-0.2, -0.15) is 0 Å². The topological polar surface area (TPSA) is 12.9 Å². The number of hydrogen-bond acceptors (Lipinski definition) is 2. The number of hydrogen-bond donors (Lipinski definition) is 0. The van der Waals surface area contributed by atoms with Crippen molar-refractivity contribution in [2.45, 2.75) is 6.92 Å². The van der Waals surface area contributed by atoms with Gasteiger partial charge in [0, 0.05) is 17.1 Å². The third-order valence-electron chi connectivity index (χ3n) is 2.19. The minimum Gasteiger partial charge on any atom is -0.245 e. The van der Waals surface area contributed by atoms with Crippen molar-refractivity contribution in [3.8, 4) is 10.6 Å². The Labute approximate surface area is 82.9 Å². The van der Waals surface area contributed by atoms with Crippen molar-refractivity contribution >= 4 is 24.6 Å². The molecule has 0 saturated carbocycles. The molecule has 2 aromatic rings. The molecule has 0 fully saturated rings. The van der Waals surface area contributed by atoms with Gasteiger partial charge in [0.25, 0.3) is 0 Å². The molecule has 0 aliphatic rings. The van der Waals surface area contributed by atoms with Crippen molar-refractivity contribution in [1.82, 2.24) is 4.98 Å². The van der Waals surface area contributed by atoms with Crippen LogP contribution in [0.4, 0.5) is 0 Å². The normalized spacial score (nSPS) is 10.2. The fourth-order valence-corrected chi connectivity index (χ4v) is 1.88. The van der Waals surface area contributed by atoms with Gasteiger partial charge in [0.1, 0.15) is 12.9 Å². The average molecular weight is 187 g/mol. The van der Waals surface area contributed by atoms with E-state index in [0.717, 1.165) is 5.01 Å². The Balaban J connectivity index is 2.49. The van der Waals surface area contributed by atoms with Gasteiger partial charge in [0.05, 0.1) is 0 Å². The molecule has 0 bridgehead atoms. The summed E-state index contributed by atoms with van der Waals surface area (Å²) in [6.07, 6.45) is 1.84. The molecule has 64 valence electrons. The maximum Gasteiger partial charge on any atom is 0.139 e. The molecule has 0 aliphatic carbocycles. The third kappa shape index (κ3) is 1.65. The highest BCUT2D eigenvalue weighted by molar-refractivity contribution is 7.13. The van der Waals surface area contributed by atoms with Crippen molar-refractivity contribution in [2.75, 3.05) is 0 Å². The van der Waals surface area contributed by atoms with Crippen molar-refractivity contribution < 1.29 is 0 Å². The number of aryl methyl sites for hydroxylation is 1. The lowest BCUT2D eigenvalue weighted by molar-refractivity contribution is 1.41. The van der Waals surface area contributed by atoms with Crippen LogP contribution < -0.4 is 5.46 Å². The molecule has 1 nitrogen and oxygen atoms in total.